The standard InChI is InChI=1S/C11H22N2O/c1-14-10-9-13-8-2-3-11(13)4-6-12-7-5-11/h12H,2-10H2,1H3. The first-order valence-electron chi connectivity index (χ1n) is 5.82. The van der Waals surface area contributed by atoms with E-state index in [0.717, 1.165) is 13.2 Å². The minimum Gasteiger partial charge on any atom is -0.383 e. The average Bonchev–Trinajstić information content (AvgIpc) is 2.59. The fourth-order valence-corrected chi connectivity index (χ4v) is 3.00. The van der Waals surface area contributed by atoms with Crippen LogP contribution in [0.3, 0.4) is 0 Å². The van der Waals surface area contributed by atoms with Crippen molar-refractivity contribution < 1.29 is 4.74 Å². The Morgan fingerprint density at radius 2 is 2.07 bits per heavy atom. The summed E-state index contributed by atoms with van der Waals surface area (Å²) in [5.41, 5.74) is 0.532. The molecule has 82 valence electrons. The highest BCUT2D eigenvalue weighted by Crippen LogP contribution is 2.36. The Balaban J connectivity index is 1.93. The van der Waals surface area contributed by atoms with Gasteiger partial charge in [-0.05, 0) is 45.3 Å². The Labute approximate surface area is 86.8 Å². The lowest BCUT2D eigenvalue weighted by molar-refractivity contribution is 0.0674. The molecule has 0 aromatic carbocycles. The number of methoxy groups -OCH3 is 1. The predicted octanol–water partition coefficient (Wildman–Crippen LogP) is 0.851. The lowest BCUT2D eigenvalue weighted by atomic mass is 9.86. The van der Waals surface area contributed by atoms with E-state index in [-0.39, 0.29) is 0 Å². The minimum atomic E-state index is 0.532. The third-order valence-corrected chi connectivity index (χ3v) is 3.84. The molecule has 3 heteroatoms. The molecule has 0 aliphatic carbocycles. The fraction of sp³-hybridized carbons (Fsp3) is 1.00. The number of nitrogens with one attached hydrogen (secondary N) is 1. The van der Waals surface area contributed by atoms with E-state index >= 15 is 0 Å². The molecule has 1 N–H and O–H groups in total. The lowest BCUT2D eigenvalue weighted by Gasteiger charge is -2.41. The number of hydrogen-bond donors (Lipinski definition) is 1. The summed E-state index contributed by atoms with van der Waals surface area (Å²) in [6, 6.07) is 0. The number of hydrogen-bond acceptors (Lipinski definition) is 3. The second-order valence-corrected chi connectivity index (χ2v) is 4.56. The SMILES string of the molecule is COCCN1CCCC12CCNCC2. The zero-order valence-electron chi connectivity index (χ0n) is 9.22. The molecular weight excluding hydrogens is 176 g/mol. The van der Waals surface area contributed by atoms with Crippen LogP contribution in [-0.4, -0.2) is 50.3 Å². The van der Waals surface area contributed by atoms with E-state index < -0.39 is 0 Å². The van der Waals surface area contributed by atoms with Crippen LogP contribution in [-0.2, 0) is 4.74 Å². The Kier molecular flexibility index (Phi) is 3.42. The van der Waals surface area contributed by atoms with Crippen LogP contribution in [0.2, 0.25) is 0 Å². The fourth-order valence-electron chi connectivity index (χ4n) is 3.00. The first kappa shape index (κ1) is 10.4. The number of ether oxygens (including phenoxy) is 1. The highest BCUT2D eigenvalue weighted by atomic mass is 16.5. The Morgan fingerprint density at radius 1 is 1.29 bits per heavy atom. The van der Waals surface area contributed by atoms with E-state index in [0.29, 0.717) is 5.54 Å². The summed E-state index contributed by atoms with van der Waals surface area (Å²) in [7, 11) is 1.80. The van der Waals surface area contributed by atoms with Crippen molar-refractivity contribution in [2.24, 2.45) is 0 Å². The quantitative estimate of drug-likeness (QED) is 0.727. The normalized spacial score (nSPS) is 27.2. The molecule has 2 aliphatic rings. The van der Waals surface area contributed by atoms with Gasteiger partial charge in [-0.1, -0.05) is 0 Å². The second-order valence-electron chi connectivity index (χ2n) is 4.56. The summed E-state index contributed by atoms with van der Waals surface area (Å²) >= 11 is 0. The van der Waals surface area contributed by atoms with Gasteiger partial charge in [0.25, 0.3) is 0 Å². The van der Waals surface area contributed by atoms with E-state index in [9.17, 15) is 0 Å². The number of nitrogens with zero attached hydrogens (tertiary/aromatic N) is 1. The Bertz CT molecular complexity index is 178. The number of likely N-dealkylation sites (tertiary alicyclic amines) is 1. The van der Waals surface area contributed by atoms with Gasteiger partial charge in [0.15, 0.2) is 0 Å². The highest BCUT2D eigenvalue weighted by molar-refractivity contribution is 4.98. The molecule has 0 bridgehead atoms. The molecule has 2 heterocycles. The van der Waals surface area contributed by atoms with Crippen molar-refractivity contribution in [1.82, 2.24) is 10.2 Å². The topological polar surface area (TPSA) is 24.5 Å². The summed E-state index contributed by atoms with van der Waals surface area (Å²) in [6.45, 7) is 5.68. The molecule has 3 nitrogen and oxygen atoms in total. The van der Waals surface area contributed by atoms with E-state index in [1.165, 1.54) is 45.3 Å². The molecule has 2 saturated heterocycles. The second kappa shape index (κ2) is 4.60. The summed E-state index contributed by atoms with van der Waals surface area (Å²) in [5.74, 6) is 0. The summed E-state index contributed by atoms with van der Waals surface area (Å²) in [4.78, 5) is 2.66. The van der Waals surface area contributed by atoms with Crippen LogP contribution in [0.15, 0.2) is 0 Å². The summed E-state index contributed by atoms with van der Waals surface area (Å²) in [5, 5.41) is 3.45. The largest absolute Gasteiger partial charge is 0.383 e. The molecule has 0 atom stereocenters. The first-order valence-corrected chi connectivity index (χ1v) is 5.82. The van der Waals surface area contributed by atoms with Crippen molar-refractivity contribution in [2.75, 3.05) is 39.9 Å². The van der Waals surface area contributed by atoms with Crippen molar-refractivity contribution in [2.45, 2.75) is 31.2 Å². The van der Waals surface area contributed by atoms with Gasteiger partial charge >= 0.3 is 0 Å². The Hall–Kier alpha value is -0.120. The van der Waals surface area contributed by atoms with E-state index in [4.69, 9.17) is 4.74 Å². The van der Waals surface area contributed by atoms with E-state index in [1.807, 2.05) is 0 Å². The summed E-state index contributed by atoms with van der Waals surface area (Å²) < 4.78 is 5.18. The van der Waals surface area contributed by atoms with Crippen LogP contribution >= 0.6 is 0 Å². The number of piperidine rings is 1. The lowest BCUT2D eigenvalue weighted by Crippen LogP contribution is -2.51. The zero-order valence-corrected chi connectivity index (χ0v) is 9.22. The van der Waals surface area contributed by atoms with Crippen molar-refractivity contribution in [3.8, 4) is 0 Å². The van der Waals surface area contributed by atoms with Crippen LogP contribution in [0.25, 0.3) is 0 Å². The van der Waals surface area contributed by atoms with Gasteiger partial charge in [-0.2, -0.15) is 0 Å². The van der Waals surface area contributed by atoms with Crippen molar-refractivity contribution in [1.29, 1.82) is 0 Å². The molecule has 0 aromatic heterocycles. The maximum atomic E-state index is 5.18. The van der Waals surface area contributed by atoms with Gasteiger partial charge in [0.05, 0.1) is 6.61 Å². The minimum absolute atomic E-state index is 0.532. The zero-order chi connectivity index (χ0) is 9.86. The molecule has 0 aromatic rings. The van der Waals surface area contributed by atoms with E-state index in [1.54, 1.807) is 7.11 Å². The molecule has 0 radical (unpaired) electrons. The van der Waals surface area contributed by atoms with Gasteiger partial charge < -0.3 is 10.1 Å². The third kappa shape index (κ3) is 1.95. The van der Waals surface area contributed by atoms with Gasteiger partial charge in [0.1, 0.15) is 0 Å². The third-order valence-electron chi connectivity index (χ3n) is 3.84. The van der Waals surface area contributed by atoms with Gasteiger partial charge in [-0.25, -0.2) is 0 Å². The molecule has 0 amide bonds. The predicted molar refractivity (Wildman–Crippen MR) is 57.5 cm³/mol. The highest BCUT2D eigenvalue weighted by Gasteiger charge is 2.40. The van der Waals surface area contributed by atoms with Gasteiger partial charge in [-0.3, -0.25) is 4.90 Å². The first-order chi connectivity index (χ1) is 6.87. The van der Waals surface area contributed by atoms with Crippen LogP contribution < -0.4 is 5.32 Å². The molecule has 2 fully saturated rings. The van der Waals surface area contributed by atoms with Gasteiger partial charge in [0.2, 0.25) is 0 Å². The molecule has 1 spiro atoms. The maximum Gasteiger partial charge on any atom is 0.0589 e. The molecular formula is C11H22N2O. The van der Waals surface area contributed by atoms with Crippen LogP contribution in [0, 0.1) is 0 Å². The smallest absolute Gasteiger partial charge is 0.0589 e. The van der Waals surface area contributed by atoms with E-state index in [2.05, 4.69) is 10.2 Å². The van der Waals surface area contributed by atoms with Crippen LogP contribution in [0.5, 0.6) is 0 Å². The van der Waals surface area contributed by atoms with Gasteiger partial charge in [0, 0.05) is 19.2 Å². The Morgan fingerprint density at radius 3 is 2.79 bits per heavy atom. The molecule has 2 aliphatic heterocycles. The van der Waals surface area contributed by atoms with Crippen molar-refractivity contribution >= 4 is 0 Å². The van der Waals surface area contributed by atoms with Crippen LogP contribution in [0.1, 0.15) is 25.7 Å². The molecule has 0 saturated carbocycles. The van der Waals surface area contributed by atoms with Crippen LogP contribution in [0.4, 0.5) is 0 Å². The monoisotopic (exact) mass is 198 g/mol. The molecule has 2 rings (SSSR count). The maximum absolute atomic E-state index is 5.18. The average molecular weight is 198 g/mol. The molecule has 0 unspecified atom stereocenters. The summed E-state index contributed by atoms with van der Waals surface area (Å²) in [6.07, 6.45) is 5.44. The molecule has 14 heavy (non-hydrogen) atoms. The van der Waals surface area contributed by atoms with Crippen molar-refractivity contribution in [3.05, 3.63) is 0 Å². The number of rotatable bonds is 3. The van der Waals surface area contributed by atoms with Gasteiger partial charge in [-0.15, -0.1) is 0 Å². The van der Waals surface area contributed by atoms with Crippen molar-refractivity contribution in [3.63, 3.8) is 0 Å².